The Hall–Kier alpha value is -0.970. The fourth-order valence-electron chi connectivity index (χ4n) is 2.80. The summed E-state index contributed by atoms with van der Waals surface area (Å²) in [5.41, 5.74) is 0. The van der Waals surface area contributed by atoms with Crippen molar-refractivity contribution in [2.45, 2.75) is 63.7 Å². The summed E-state index contributed by atoms with van der Waals surface area (Å²) in [6.07, 6.45) is 7.43. The number of hydrogen-bond donors (Lipinski definition) is 2. The van der Waals surface area contributed by atoms with Gasteiger partial charge >= 0.3 is 0 Å². The summed E-state index contributed by atoms with van der Waals surface area (Å²) >= 11 is 1.98. The molecule has 0 saturated heterocycles. The van der Waals surface area contributed by atoms with Gasteiger partial charge in [0, 0.05) is 29.8 Å². The van der Waals surface area contributed by atoms with Crippen molar-refractivity contribution in [1.29, 1.82) is 0 Å². The maximum absolute atomic E-state index is 4.71. The summed E-state index contributed by atoms with van der Waals surface area (Å²) in [5, 5.41) is 7.67. The van der Waals surface area contributed by atoms with E-state index in [9.17, 15) is 0 Å². The molecule has 1 aliphatic rings. The highest BCUT2D eigenvalue weighted by Gasteiger charge is 2.24. The predicted molar refractivity (Wildman–Crippen MR) is 93.5 cm³/mol. The Labute approximate surface area is 132 Å². The van der Waals surface area contributed by atoms with E-state index in [1.54, 1.807) is 0 Å². The van der Waals surface area contributed by atoms with Crippen molar-refractivity contribution in [3.8, 4) is 0 Å². The van der Waals surface area contributed by atoms with E-state index in [2.05, 4.69) is 42.6 Å². The molecule has 5 heteroatoms. The van der Waals surface area contributed by atoms with Gasteiger partial charge in [-0.3, -0.25) is 0 Å². The first kappa shape index (κ1) is 16.4. The molecule has 0 amide bonds. The van der Waals surface area contributed by atoms with Crippen LogP contribution in [-0.4, -0.2) is 34.1 Å². The van der Waals surface area contributed by atoms with Crippen molar-refractivity contribution in [2.24, 2.45) is 0 Å². The van der Waals surface area contributed by atoms with Gasteiger partial charge in [0.05, 0.1) is 0 Å². The first-order valence-corrected chi connectivity index (χ1v) is 9.35. The van der Waals surface area contributed by atoms with Gasteiger partial charge in [0.1, 0.15) is 17.5 Å². The Morgan fingerprint density at radius 3 is 2.62 bits per heavy atom. The van der Waals surface area contributed by atoms with Crippen molar-refractivity contribution in [3.05, 3.63) is 11.9 Å². The van der Waals surface area contributed by atoms with Crippen molar-refractivity contribution in [3.63, 3.8) is 0 Å². The molecular weight excluding hydrogens is 280 g/mol. The van der Waals surface area contributed by atoms with E-state index >= 15 is 0 Å². The summed E-state index contributed by atoms with van der Waals surface area (Å²) in [4.78, 5) is 9.29. The van der Waals surface area contributed by atoms with Gasteiger partial charge in [0.25, 0.3) is 0 Å². The van der Waals surface area contributed by atoms with Crippen LogP contribution in [0.4, 0.5) is 11.6 Å². The van der Waals surface area contributed by atoms with Crippen LogP contribution in [0.1, 0.15) is 58.2 Å². The average Bonchev–Trinajstić information content (AvgIpc) is 2.48. The molecule has 1 aliphatic carbocycles. The van der Waals surface area contributed by atoms with E-state index in [4.69, 9.17) is 4.98 Å². The minimum atomic E-state index is 0.340. The molecule has 4 nitrogen and oxygen atoms in total. The highest BCUT2D eigenvalue weighted by molar-refractivity contribution is 7.99. The normalized spacial score (nSPS) is 22.3. The van der Waals surface area contributed by atoms with E-state index in [0.717, 1.165) is 24.0 Å². The minimum Gasteiger partial charge on any atom is -0.370 e. The third-order valence-corrected chi connectivity index (χ3v) is 5.13. The summed E-state index contributed by atoms with van der Waals surface area (Å²) in [7, 11) is 0. The molecule has 1 fully saturated rings. The van der Waals surface area contributed by atoms with Crippen molar-refractivity contribution in [2.75, 3.05) is 23.4 Å². The van der Waals surface area contributed by atoms with Gasteiger partial charge in [-0.05, 0) is 26.0 Å². The highest BCUT2D eigenvalue weighted by atomic mass is 32.2. The number of thioether (sulfide) groups is 1. The standard InChI is InChI=1S/C16H28N4S/c1-5-17-14-10-15(20-16(19-14)11(2)3)18-12-8-6-7-9-13(12)21-4/h10-13H,5-9H2,1-4H3,(H2,17,18,19,20). The number of aromatic nitrogens is 2. The molecule has 2 atom stereocenters. The van der Waals surface area contributed by atoms with Crippen LogP contribution < -0.4 is 10.6 Å². The third kappa shape index (κ3) is 4.50. The second-order valence-corrected chi connectivity index (χ2v) is 7.07. The molecule has 0 aliphatic heterocycles. The fraction of sp³-hybridized carbons (Fsp3) is 0.750. The number of hydrogen-bond acceptors (Lipinski definition) is 5. The summed E-state index contributed by atoms with van der Waals surface area (Å²) in [6.45, 7) is 7.25. The van der Waals surface area contributed by atoms with E-state index in [0.29, 0.717) is 17.2 Å². The zero-order valence-electron chi connectivity index (χ0n) is 13.6. The van der Waals surface area contributed by atoms with E-state index in [1.165, 1.54) is 25.7 Å². The van der Waals surface area contributed by atoms with Crippen LogP contribution in [0, 0.1) is 0 Å². The molecule has 1 saturated carbocycles. The van der Waals surface area contributed by atoms with E-state index in [-0.39, 0.29) is 0 Å². The molecule has 0 bridgehead atoms. The van der Waals surface area contributed by atoms with Gasteiger partial charge in [-0.2, -0.15) is 11.8 Å². The molecule has 118 valence electrons. The molecule has 2 unspecified atom stereocenters. The highest BCUT2D eigenvalue weighted by Crippen LogP contribution is 2.29. The van der Waals surface area contributed by atoms with E-state index in [1.807, 2.05) is 17.8 Å². The summed E-state index contributed by atoms with van der Waals surface area (Å²) in [5.74, 6) is 3.14. The van der Waals surface area contributed by atoms with Gasteiger partial charge < -0.3 is 10.6 Å². The molecule has 0 spiro atoms. The number of nitrogens with one attached hydrogen (secondary N) is 2. The van der Waals surface area contributed by atoms with Crippen LogP contribution in [-0.2, 0) is 0 Å². The zero-order valence-corrected chi connectivity index (χ0v) is 14.5. The SMILES string of the molecule is CCNc1cc(NC2CCCCC2SC)nc(C(C)C)n1. The summed E-state index contributed by atoms with van der Waals surface area (Å²) in [6, 6.07) is 2.57. The zero-order chi connectivity index (χ0) is 15.2. The average molecular weight is 308 g/mol. The molecule has 0 aromatic carbocycles. The molecule has 2 N–H and O–H groups in total. The Bertz CT molecular complexity index is 450. The number of anilines is 2. The molecule has 1 aromatic rings. The third-order valence-electron chi connectivity index (χ3n) is 3.96. The smallest absolute Gasteiger partial charge is 0.135 e. The molecular formula is C16H28N4S. The Morgan fingerprint density at radius 1 is 1.24 bits per heavy atom. The molecule has 0 radical (unpaired) electrons. The minimum absolute atomic E-state index is 0.340. The predicted octanol–water partition coefficient (Wildman–Crippen LogP) is 4.12. The topological polar surface area (TPSA) is 49.8 Å². The van der Waals surface area contributed by atoms with Gasteiger partial charge in [-0.1, -0.05) is 26.7 Å². The van der Waals surface area contributed by atoms with Gasteiger partial charge in [-0.25, -0.2) is 9.97 Å². The van der Waals surface area contributed by atoms with Crippen molar-refractivity contribution >= 4 is 23.4 Å². The molecule has 1 aromatic heterocycles. The largest absolute Gasteiger partial charge is 0.370 e. The Balaban J connectivity index is 2.17. The lowest BCUT2D eigenvalue weighted by Gasteiger charge is -2.31. The number of nitrogens with zero attached hydrogens (tertiary/aromatic N) is 2. The molecule has 1 heterocycles. The first-order chi connectivity index (χ1) is 10.1. The number of rotatable bonds is 6. The fourth-order valence-corrected chi connectivity index (χ4v) is 3.74. The first-order valence-electron chi connectivity index (χ1n) is 8.06. The van der Waals surface area contributed by atoms with Crippen LogP contribution in [0.2, 0.25) is 0 Å². The lowest BCUT2D eigenvalue weighted by Crippen LogP contribution is -2.34. The van der Waals surface area contributed by atoms with Crippen LogP contribution in [0.15, 0.2) is 6.07 Å². The van der Waals surface area contributed by atoms with Crippen molar-refractivity contribution < 1.29 is 0 Å². The van der Waals surface area contributed by atoms with Gasteiger partial charge in [0.2, 0.25) is 0 Å². The second kappa shape index (κ2) is 7.87. The van der Waals surface area contributed by atoms with Crippen LogP contribution in [0.25, 0.3) is 0 Å². The van der Waals surface area contributed by atoms with Crippen molar-refractivity contribution in [1.82, 2.24) is 9.97 Å². The summed E-state index contributed by atoms with van der Waals surface area (Å²) < 4.78 is 0. The monoisotopic (exact) mass is 308 g/mol. The van der Waals surface area contributed by atoms with Crippen LogP contribution >= 0.6 is 11.8 Å². The van der Waals surface area contributed by atoms with Gasteiger partial charge in [-0.15, -0.1) is 0 Å². The maximum Gasteiger partial charge on any atom is 0.135 e. The molecule has 2 rings (SSSR count). The van der Waals surface area contributed by atoms with Crippen LogP contribution in [0.5, 0.6) is 0 Å². The Morgan fingerprint density at radius 2 is 1.95 bits per heavy atom. The van der Waals surface area contributed by atoms with Crippen LogP contribution in [0.3, 0.4) is 0 Å². The second-order valence-electron chi connectivity index (χ2n) is 5.99. The quantitative estimate of drug-likeness (QED) is 0.828. The maximum atomic E-state index is 4.71. The lowest BCUT2D eigenvalue weighted by molar-refractivity contribution is 0.474. The van der Waals surface area contributed by atoms with E-state index < -0.39 is 0 Å². The van der Waals surface area contributed by atoms with Gasteiger partial charge in [0.15, 0.2) is 0 Å². The molecule has 21 heavy (non-hydrogen) atoms. The Kier molecular flexibility index (Phi) is 6.15. The lowest BCUT2D eigenvalue weighted by atomic mass is 9.95.